The molecule has 0 saturated heterocycles. The molecule has 120 valence electrons. The summed E-state index contributed by atoms with van der Waals surface area (Å²) in [5, 5.41) is 0. The zero-order chi connectivity index (χ0) is 16.1. The van der Waals surface area contributed by atoms with E-state index in [-0.39, 0.29) is 6.17 Å². The Bertz CT molecular complexity index is 258. The zero-order valence-electron chi connectivity index (χ0n) is 15.1. The monoisotopic (exact) mass is 284 g/mol. The van der Waals surface area contributed by atoms with Crippen LogP contribution in [-0.2, 0) is 0 Å². The maximum Gasteiger partial charge on any atom is 0.112 e. The number of nitrogens with zero attached hydrogens (tertiary/aromatic N) is 4. The normalized spacial score (nSPS) is 12.2. The van der Waals surface area contributed by atoms with Crippen LogP contribution in [0.3, 0.4) is 0 Å². The first kappa shape index (κ1) is 21.6. The Labute approximate surface area is 127 Å². The van der Waals surface area contributed by atoms with Crippen molar-refractivity contribution in [1.29, 1.82) is 0 Å². The van der Waals surface area contributed by atoms with Gasteiger partial charge in [-0.15, -0.1) is 0 Å². The fraction of sp³-hybridized carbons (Fsp3) is 0.938. The van der Waals surface area contributed by atoms with Crippen molar-refractivity contribution in [1.82, 2.24) is 9.80 Å². The first-order valence-corrected chi connectivity index (χ1v) is 7.85. The van der Waals surface area contributed by atoms with Gasteiger partial charge in [-0.3, -0.25) is 9.80 Å². The Balaban J connectivity index is 0. The van der Waals surface area contributed by atoms with Crippen LogP contribution >= 0.6 is 0 Å². The van der Waals surface area contributed by atoms with Crippen molar-refractivity contribution in [3.63, 3.8) is 0 Å². The molecule has 0 aromatic rings. The van der Waals surface area contributed by atoms with Crippen LogP contribution in [0.4, 0.5) is 0 Å². The number of hydrogen-bond acceptors (Lipinski definition) is 4. The van der Waals surface area contributed by atoms with Crippen LogP contribution in [0.15, 0.2) is 9.98 Å². The number of hydrogen-bond donors (Lipinski definition) is 0. The molecule has 20 heavy (non-hydrogen) atoms. The first-order chi connectivity index (χ1) is 9.31. The van der Waals surface area contributed by atoms with Gasteiger partial charge in [-0.25, -0.2) is 9.98 Å². The summed E-state index contributed by atoms with van der Waals surface area (Å²) in [7, 11) is 4.01. The molecule has 0 aliphatic carbocycles. The van der Waals surface area contributed by atoms with Crippen LogP contribution in [0.2, 0.25) is 0 Å². The molecule has 0 fully saturated rings. The summed E-state index contributed by atoms with van der Waals surface area (Å²) in [6.07, 6.45) is 1.23. The highest BCUT2D eigenvalue weighted by atomic mass is 15.2. The van der Waals surface area contributed by atoms with Gasteiger partial charge in [0.05, 0.1) is 6.01 Å². The summed E-state index contributed by atoms with van der Waals surface area (Å²) >= 11 is 0. The summed E-state index contributed by atoms with van der Waals surface area (Å²) in [6, 6.07) is 4.06. The topological polar surface area (TPSA) is 31.2 Å². The van der Waals surface area contributed by atoms with Gasteiger partial charge in [0.2, 0.25) is 0 Å². The highest BCUT2D eigenvalue weighted by molar-refractivity contribution is 5.41. The molecule has 0 spiro atoms. The minimum atomic E-state index is 0.227. The highest BCUT2D eigenvalue weighted by Crippen LogP contribution is 2.02. The lowest BCUT2D eigenvalue weighted by atomic mass is 10.2. The Morgan fingerprint density at radius 3 is 1.65 bits per heavy atom. The van der Waals surface area contributed by atoms with E-state index in [0.717, 1.165) is 19.5 Å². The molecule has 0 aromatic carbocycles. The van der Waals surface area contributed by atoms with Crippen molar-refractivity contribution in [2.45, 2.75) is 73.1 Å². The van der Waals surface area contributed by atoms with Crippen LogP contribution < -0.4 is 0 Å². The molecule has 0 N–H and O–H groups in total. The van der Waals surface area contributed by atoms with Crippen LogP contribution in [-0.4, -0.2) is 61.2 Å². The predicted molar refractivity (Wildman–Crippen MR) is 90.8 cm³/mol. The Morgan fingerprint density at radius 1 is 0.950 bits per heavy atom. The standard InChI is InChI=1S/C8H17N3.C8H19N/c1-5-8(11(3)4)10-7-9-6-2;1-6-9(7(2)3)8(4)5/h8H,5-6H2,1-4H3;7-8H,6H2,1-5H3. The molecule has 0 amide bonds. The average molecular weight is 284 g/mol. The van der Waals surface area contributed by atoms with Gasteiger partial charge in [0, 0.05) is 18.6 Å². The van der Waals surface area contributed by atoms with Crippen molar-refractivity contribution in [3.05, 3.63) is 0 Å². The quantitative estimate of drug-likeness (QED) is 0.669. The third-order valence-electron chi connectivity index (χ3n) is 3.09. The average Bonchev–Trinajstić information content (AvgIpc) is 2.35. The van der Waals surface area contributed by atoms with Gasteiger partial charge in [0.25, 0.3) is 0 Å². The van der Waals surface area contributed by atoms with Crippen molar-refractivity contribution in [3.8, 4) is 0 Å². The Kier molecular flexibility index (Phi) is 14.4. The van der Waals surface area contributed by atoms with E-state index in [0.29, 0.717) is 12.1 Å². The number of rotatable bonds is 7. The van der Waals surface area contributed by atoms with Crippen molar-refractivity contribution in [2.75, 3.05) is 27.2 Å². The molecule has 0 heterocycles. The van der Waals surface area contributed by atoms with Gasteiger partial charge < -0.3 is 0 Å². The molecule has 0 aliphatic rings. The van der Waals surface area contributed by atoms with Gasteiger partial charge in [0.1, 0.15) is 6.17 Å². The Hall–Kier alpha value is -0.700. The lowest BCUT2D eigenvalue weighted by Gasteiger charge is -2.28. The third kappa shape index (κ3) is 11.2. The molecule has 4 nitrogen and oxygen atoms in total. The van der Waals surface area contributed by atoms with Crippen LogP contribution in [0, 0.1) is 0 Å². The molecule has 0 saturated carbocycles. The smallest absolute Gasteiger partial charge is 0.112 e. The van der Waals surface area contributed by atoms with Crippen LogP contribution in [0.1, 0.15) is 54.9 Å². The third-order valence-corrected chi connectivity index (χ3v) is 3.09. The minimum Gasteiger partial charge on any atom is -0.299 e. The predicted octanol–water partition coefficient (Wildman–Crippen LogP) is 3.60. The van der Waals surface area contributed by atoms with Gasteiger partial charge in [-0.2, -0.15) is 0 Å². The summed E-state index contributed by atoms with van der Waals surface area (Å²) in [6.45, 7) is 17.2. The van der Waals surface area contributed by atoms with E-state index in [1.807, 2.05) is 21.0 Å². The zero-order valence-corrected chi connectivity index (χ0v) is 15.1. The maximum absolute atomic E-state index is 4.14. The van der Waals surface area contributed by atoms with E-state index in [2.05, 4.69) is 67.3 Å². The molecule has 4 heteroatoms. The maximum atomic E-state index is 4.14. The van der Waals surface area contributed by atoms with Crippen molar-refractivity contribution < 1.29 is 0 Å². The fourth-order valence-corrected chi connectivity index (χ4v) is 2.08. The van der Waals surface area contributed by atoms with Gasteiger partial charge >= 0.3 is 0 Å². The van der Waals surface area contributed by atoms with Crippen LogP contribution in [0.25, 0.3) is 0 Å². The van der Waals surface area contributed by atoms with E-state index >= 15 is 0 Å². The Morgan fingerprint density at radius 2 is 1.45 bits per heavy atom. The largest absolute Gasteiger partial charge is 0.299 e. The van der Waals surface area contributed by atoms with Gasteiger partial charge in [-0.1, -0.05) is 13.8 Å². The molecular formula is C16H36N4. The molecule has 0 aliphatic heterocycles. The number of aliphatic imine (C=N–C) groups is 2. The second-order valence-corrected chi connectivity index (χ2v) is 5.57. The lowest BCUT2D eigenvalue weighted by Crippen LogP contribution is -2.36. The summed E-state index contributed by atoms with van der Waals surface area (Å²) < 4.78 is 0. The summed E-state index contributed by atoms with van der Waals surface area (Å²) in [5.74, 6) is 0. The van der Waals surface area contributed by atoms with E-state index in [1.54, 1.807) is 0 Å². The SMILES string of the molecule is CCN(C(C)C)C(C)C.CCN=C=NC(CC)N(C)C. The molecular weight excluding hydrogens is 248 g/mol. The minimum absolute atomic E-state index is 0.227. The first-order valence-electron chi connectivity index (χ1n) is 7.85. The lowest BCUT2D eigenvalue weighted by molar-refractivity contribution is 0.185. The van der Waals surface area contributed by atoms with E-state index in [1.165, 1.54) is 0 Å². The molecule has 0 rings (SSSR count). The summed E-state index contributed by atoms with van der Waals surface area (Å²) in [4.78, 5) is 12.6. The van der Waals surface area contributed by atoms with E-state index in [9.17, 15) is 0 Å². The second-order valence-electron chi connectivity index (χ2n) is 5.57. The van der Waals surface area contributed by atoms with Gasteiger partial charge in [0.15, 0.2) is 0 Å². The van der Waals surface area contributed by atoms with Crippen molar-refractivity contribution >= 4 is 6.01 Å². The molecule has 0 radical (unpaired) electrons. The second kappa shape index (κ2) is 13.3. The van der Waals surface area contributed by atoms with Gasteiger partial charge in [-0.05, 0) is 61.7 Å². The molecule has 1 atom stereocenters. The fourth-order valence-electron chi connectivity index (χ4n) is 2.08. The van der Waals surface area contributed by atoms with Crippen molar-refractivity contribution in [2.24, 2.45) is 9.98 Å². The van der Waals surface area contributed by atoms with Crippen LogP contribution in [0.5, 0.6) is 0 Å². The van der Waals surface area contributed by atoms with E-state index < -0.39 is 0 Å². The highest BCUT2D eigenvalue weighted by Gasteiger charge is 2.09. The molecule has 0 bridgehead atoms. The summed E-state index contributed by atoms with van der Waals surface area (Å²) in [5.41, 5.74) is 0. The molecule has 0 aromatic heterocycles. The molecule has 1 unspecified atom stereocenters. The van der Waals surface area contributed by atoms with E-state index in [4.69, 9.17) is 0 Å².